The molecular formula is C18H18N4O3. The molecule has 0 aliphatic rings. The highest BCUT2D eigenvalue weighted by molar-refractivity contribution is 5.95. The Morgan fingerprint density at radius 3 is 2.68 bits per heavy atom. The van der Waals surface area contributed by atoms with Gasteiger partial charge in [-0.05, 0) is 43.2 Å². The predicted octanol–water partition coefficient (Wildman–Crippen LogP) is 3.16. The lowest BCUT2D eigenvalue weighted by atomic mass is 10.1. The molecule has 2 rings (SSSR count). The van der Waals surface area contributed by atoms with E-state index in [1.54, 1.807) is 7.05 Å². The monoisotopic (exact) mass is 338 g/mol. The molecule has 0 saturated carbocycles. The first kappa shape index (κ1) is 17.9. The zero-order valence-electron chi connectivity index (χ0n) is 14.2. The average molecular weight is 338 g/mol. The van der Waals surface area contributed by atoms with Crippen molar-refractivity contribution in [1.29, 1.82) is 5.26 Å². The summed E-state index contributed by atoms with van der Waals surface area (Å²) < 4.78 is 0. The Morgan fingerprint density at radius 1 is 1.32 bits per heavy atom. The zero-order chi connectivity index (χ0) is 18.6. The van der Waals surface area contributed by atoms with E-state index in [9.17, 15) is 14.9 Å². The van der Waals surface area contributed by atoms with Gasteiger partial charge in [0.1, 0.15) is 5.69 Å². The molecule has 1 amide bonds. The maximum Gasteiger partial charge on any atom is 0.293 e. The van der Waals surface area contributed by atoms with Crippen LogP contribution in [0.15, 0.2) is 36.4 Å². The number of hydrogen-bond acceptors (Lipinski definition) is 5. The molecule has 7 heteroatoms. The van der Waals surface area contributed by atoms with Crippen molar-refractivity contribution < 1.29 is 9.72 Å². The number of rotatable bonds is 5. The first-order valence-corrected chi connectivity index (χ1v) is 7.59. The third kappa shape index (κ3) is 4.12. The number of amides is 1. The van der Waals surface area contributed by atoms with Crippen molar-refractivity contribution in [3.05, 3.63) is 63.2 Å². The summed E-state index contributed by atoms with van der Waals surface area (Å²) in [6.45, 7) is 3.82. The zero-order valence-corrected chi connectivity index (χ0v) is 14.2. The van der Waals surface area contributed by atoms with Gasteiger partial charge in [0.25, 0.3) is 5.69 Å². The lowest BCUT2D eigenvalue weighted by Crippen LogP contribution is -2.30. The number of nitrogens with one attached hydrogen (secondary N) is 1. The van der Waals surface area contributed by atoms with Gasteiger partial charge >= 0.3 is 0 Å². The molecule has 0 heterocycles. The van der Waals surface area contributed by atoms with Crippen molar-refractivity contribution in [3.63, 3.8) is 0 Å². The molecule has 0 aliphatic carbocycles. The number of benzene rings is 2. The molecule has 2 aromatic carbocycles. The molecular weight excluding hydrogens is 320 g/mol. The number of nitrogens with zero attached hydrogens (tertiary/aromatic N) is 3. The van der Waals surface area contributed by atoms with Crippen LogP contribution in [0.2, 0.25) is 0 Å². The summed E-state index contributed by atoms with van der Waals surface area (Å²) in [6, 6.07) is 11.7. The van der Waals surface area contributed by atoms with Crippen LogP contribution >= 0.6 is 0 Å². The van der Waals surface area contributed by atoms with E-state index in [4.69, 9.17) is 5.26 Å². The van der Waals surface area contributed by atoms with Gasteiger partial charge in [-0.25, -0.2) is 0 Å². The standard InChI is InChI=1S/C18H18N4O3/c1-12-5-4-6-15(13(12)2)20-18(23)11-21(3)16-8-7-14(10-19)9-17(16)22(24)25/h4-9H,11H2,1-3H3,(H,20,23). The lowest BCUT2D eigenvalue weighted by molar-refractivity contribution is -0.384. The molecule has 0 aromatic heterocycles. The van der Waals surface area contributed by atoms with Crippen molar-refractivity contribution in [3.8, 4) is 6.07 Å². The van der Waals surface area contributed by atoms with Gasteiger partial charge in [0.05, 0.1) is 23.1 Å². The maximum atomic E-state index is 12.3. The summed E-state index contributed by atoms with van der Waals surface area (Å²) in [6.07, 6.45) is 0. The van der Waals surface area contributed by atoms with Crippen LogP contribution in [-0.4, -0.2) is 24.4 Å². The second kappa shape index (κ2) is 7.45. The number of aryl methyl sites for hydroxylation is 1. The quantitative estimate of drug-likeness (QED) is 0.667. The molecule has 1 N–H and O–H groups in total. The van der Waals surface area contributed by atoms with E-state index >= 15 is 0 Å². The number of anilines is 2. The van der Waals surface area contributed by atoms with Crippen LogP contribution in [-0.2, 0) is 4.79 Å². The molecule has 0 aliphatic heterocycles. The topological polar surface area (TPSA) is 99.3 Å². The van der Waals surface area contributed by atoms with E-state index in [2.05, 4.69) is 5.32 Å². The Balaban J connectivity index is 2.18. The minimum absolute atomic E-state index is 0.0554. The molecule has 0 radical (unpaired) electrons. The number of carbonyl (C=O) groups excluding carboxylic acids is 1. The highest BCUT2D eigenvalue weighted by atomic mass is 16.6. The van der Waals surface area contributed by atoms with Crippen molar-refractivity contribution in [2.75, 3.05) is 23.8 Å². The Labute approximate surface area is 145 Å². The predicted molar refractivity (Wildman–Crippen MR) is 95.6 cm³/mol. The Morgan fingerprint density at radius 2 is 2.04 bits per heavy atom. The molecule has 7 nitrogen and oxygen atoms in total. The summed E-state index contributed by atoms with van der Waals surface area (Å²) in [4.78, 5) is 24.4. The minimum atomic E-state index is -0.560. The molecule has 0 bridgehead atoms. The molecule has 25 heavy (non-hydrogen) atoms. The Bertz CT molecular complexity index is 871. The van der Waals surface area contributed by atoms with Gasteiger partial charge in [-0.3, -0.25) is 14.9 Å². The van der Waals surface area contributed by atoms with Gasteiger partial charge < -0.3 is 10.2 Å². The van der Waals surface area contributed by atoms with E-state index in [0.717, 1.165) is 11.1 Å². The lowest BCUT2D eigenvalue weighted by Gasteiger charge is -2.19. The van der Waals surface area contributed by atoms with E-state index in [-0.39, 0.29) is 29.4 Å². The minimum Gasteiger partial charge on any atom is -0.360 e. The van der Waals surface area contributed by atoms with Crippen LogP contribution in [0.4, 0.5) is 17.1 Å². The summed E-state index contributed by atoms with van der Waals surface area (Å²) in [5.41, 5.74) is 3.02. The fourth-order valence-corrected chi connectivity index (χ4v) is 2.44. The second-order valence-electron chi connectivity index (χ2n) is 5.72. The summed E-state index contributed by atoms with van der Waals surface area (Å²) in [5.74, 6) is -0.283. The van der Waals surface area contributed by atoms with Crippen LogP contribution in [0.1, 0.15) is 16.7 Å². The van der Waals surface area contributed by atoms with E-state index in [1.165, 1.54) is 23.1 Å². The highest BCUT2D eigenvalue weighted by Gasteiger charge is 2.20. The molecule has 0 saturated heterocycles. The smallest absolute Gasteiger partial charge is 0.293 e. The molecule has 2 aromatic rings. The summed E-state index contributed by atoms with van der Waals surface area (Å²) in [7, 11) is 1.59. The van der Waals surface area contributed by atoms with Gasteiger partial charge in [-0.15, -0.1) is 0 Å². The van der Waals surface area contributed by atoms with Gasteiger partial charge in [0.15, 0.2) is 0 Å². The van der Waals surface area contributed by atoms with Gasteiger partial charge in [-0.2, -0.15) is 5.26 Å². The van der Waals surface area contributed by atoms with Crippen LogP contribution in [0.25, 0.3) is 0 Å². The number of nitro groups is 1. The Hall–Kier alpha value is -3.40. The largest absolute Gasteiger partial charge is 0.360 e. The molecule has 0 unspecified atom stereocenters. The second-order valence-corrected chi connectivity index (χ2v) is 5.72. The van der Waals surface area contributed by atoms with E-state index < -0.39 is 4.92 Å². The first-order chi connectivity index (χ1) is 11.8. The molecule has 0 fully saturated rings. The molecule has 128 valence electrons. The number of nitriles is 1. The van der Waals surface area contributed by atoms with Crippen molar-refractivity contribution >= 4 is 23.0 Å². The van der Waals surface area contributed by atoms with Crippen LogP contribution in [0.3, 0.4) is 0 Å². The van der Waals surface area contributed by atoms with Crippen molar-refractivity contribution in [2.45, 2.75) is 13.8 Å². The number of carbonyl (C=O) groups is 1. The van der Waals surface area contributed by atoms with Gasteiger partial charge in [0.2, 0.25) is 5.91 Å². The normalized spacial score (nSPS) is 10.0. The van der Waals surface area contributed by atoms with Gasteiger partial charge in [-0.1, -0.05) is 12.1 Å². The molecule has 0 spiro atoms. The van der Waals surface area contributed by atoms with E-state index in [1.807, 2.05) is 38.1 Å². The number of nitro benzene ring substituents is 1. The fraction of sp³-hybridized carbons (Fsp3) is 0.222. The van der Waals surface area contributed by atoms with Crippen LogP contribution in [0.5, 0.6) is 0 Å². The average Bonchev–Trinajstić information content (AvgIpc) is 2.58. The number of likely N-dealkylation sites (N-methyl/N-ethyl adjacent to an activating group) is 1. The third-order valence-electron chi connectivity index (χ3n) is 3.97. The first-order valence-electron chi connectivity index (χ1n) is 7.59. The van der Waals surface area contributed by atoms with Crippen molar-refractivity contribution in [2.24, 2.45) is 0 Å². The Kier molecular flexibility index (Phi) is 5.35. The summed E-state index contributed by atoms with van der Waals surface area (Å²) >= 11 is 0. The summed E-state index contributed by atoms with van der Waals surface area (Å²) in [5, 5.41) is 22.9. The third-order valence-corrected chi connectivity index (χ3v) is 3.97. The van der Waals surface area contributed by atoms with Crippen LogP contribution < -0.4 is 10.2 Å². The van der Waals surface area contributed by atoms with Crippen molar-refractivity contribution in [1.82, 2.24) is 0 Å². The SMILES string of the molecule is Cc1cccc(NC(=O)CN(C)c2ccc(C#N)cc2[N+](=O)[O-])c1C. The van der Waals surface area contributed by atoms with Gasteiger partial charge in [0, 0.05) is 18.8 Å². The maximum absolute atomic E-state index is 12.3. The fourth-order valence-electron chi connectivity index (χ4n) is 2.44. The molecule has 0 atom stereocenters. The van der Waals surface area contributed by atoms with Crippen LogP contribution in [0, 0.1) is 35.3 Å². The highest BCUT2D eigenvalue weighted by Crippen LogP contribution is 2.28. The van der Waals surface area contributed by atoms with E-state index in [0.29, 0.717) is 5.69 Å². The number of hydrogen-bond donors (Lipinski definition) is 1.